The number of rotatable bonds is 5. The smallest absolute Gasteiger partial charge is 0.298 e. The largest absolute Gasteiger partial charge is 0.704 e. The molecule has 20 heavy (non-hydrogen) atoms. The second kappa shape index (κ2) is 4.33. The SMILES string of the molecule is O=[N+]([O-])C1=C([N+](=O)[O-])C([N+](=O)[O-])C([N+](=O)[O-])([N+](=O)[O-])O1. The van der Waals surface area contributed by atoms with Crippen molar-refractivity contribution in [2.24, 2.45) is 0 Å². The van der Waals surface area contributed by atoms with Gasteiger partial charge in [0.2, 0.25) is 0 Å². The second-order valence-electron chi connectivity index (χ2n) is 3.17. The Hall–Kier alpha value is -3.46. The molecule has 0 radical (unpaired) electrons. The number of nitrogens with zero attached hydrogens (tertiary/aromatic N) is 5. The molecule has 108 valence electrons. The molecule has 1 unspecified atom stereocenters. The highest BCUT2D eigenvalue weighted by Crippen LogP contribution is 2.37. The molecule has 1 atom stereocenters. The predicted molar refractivity (Wildman–Crippen MR) is 49.6 cm³/mol. The molecule has 0 aromatic heterocycles. The molecular weight excluding hydrogens is 294 g/mol. The van der Waals surface area contributed by atoms with E-state index in [1.54, 1.807) is 0 Å². The van der Waals surface area contributed by atoms with Crippen LogP contribution in [0.1, 0.15) is 0 Å². The third-order valence-corrected chi connectivity index (χ3v) is 2.18. The molecular formula is C4HN5O11. The highest BCUT2D eigenvalue weighted by molar-refractivity contribution is 5.10. The van der Waals surface area contributed by atoms with Gasteiger partial charge in [-0.2, -0.15) is 0 Å². The maximum atomic E-state index is 10.7. The van der Waals surface area contributed by atoms with Crippen LogP contribution in [0.25, 0.3) is 0 Å². The van der Waals surface area contributed by atoms with Crippen molar-refractivity contribution < 1.29 is 29.4 Å². The van der Waals surface area contributed by atoms with Crippen LogP contribution in [0.3, 0.4) is 0 Å². The van der Waals surface area contributed by atoms with Gasteiger partial charge in [0.1, 0.15) is 4.92 Å². The minimum Gasteiger partial charge on any atom is -0.298 e. The van der Waals surface area contributed by atoms with Crippen LogP contribution in [-0.2, 0) is 4.74 Å². The van der Waals surface area contributed by atoms with Crippen LogP contribution in [-0.4, -0.2) is 36.5 Å². The highest BCUT2D eigenvalue weighted by Gasteiger charge is 2.87. The van der Waals surface area contributed by atoms with E-state index in [2.05, 4.69) is 4.74 Å². The summed E-state index contributed by atoms with van der Waals surface area (Å²) in [5.74, 6) is -6.20. The molecule has 0 bridgehead atoms. The third-order valence-electron chi connectivity index (χ3n) is 2.18. The van der Waals surface area contributed by atoms with E-state index in [1.807, 2.05) is 0 Å². The summed E-state index contributed by atoms with van der Waals surface area (Å²) >= 11 is 0. The van der Waals surface area contributed by atoms with E-state index < -0.39 is 48.1 Å². The van der Waals surface area contributed by atoms with Crippen molar-refractivity contribution in [3.05, 3.63) is 62.2 Å². The number of hydrogen-bond donors (Lipinski definition) is 0. The van der Waals surface area contributed by atoms with Crippen LogP contribution in [0, 0.1) is 50.6 Å². The lowest BCUT2D eigenvalue weighted by Gasteiger charge is -2.09. The molecule has 16 nitrogen and oxygen atoms in total. The van der Waals surface area contributed by atoms with Gasteiger partial charge in [0, 0.05) is 0 Å². The highest BCUT2D eigenvalue weighted by atomic mass is 16.8. The fourth-order valence-corrected chi connectivity index (χ4v) is 1.43. The van der Waals surface area contributed by atoms with E-state index in [-0.39, 0.29) is 0 Å². The Morgan fingerprint density at radius 1 is 0.850 bits per heavy atom. The molecule has 1 aliphatic rings. The number of nitro groups is 5. The molecule has 1 heterocycles. The van der Waals surface area contributed by atoms with Gasteiger partial charge in [-0.1, -0.05) is 0 Å². The van der Waals surface area contributed by atoms with Crippen LogP contribution in [0.2, 0.25) is 0 Å². The first-order chi connectivity index (χ1) is 9.07. The maximum Gasteiger partial charge on any atom is 0.704 e. The first-order valence-corrected chi connectivity index (χ1v) is 4.21. The Balaban J connectivity index is 3.69. The third kappa shape index (κ3) is 1.71. The van der Waals surface area contributed by atoms with Gasteiger partial charge >= 0.3 is 23.5 Å². The van der Waals surface area contributed by atoms with E-state index in [0.29, 0.717) is 0 Å². The second-order valence-corrected chi connectivity index (χ2v) is 3.17. The van der Waals surface area contributed by atoms with Gasteiger partial charge in [0.05, 0.1) is 9.85 Å². The summed E-state index contributed by atoms with van der Waals surface area (Å²) in [7, 11) is 0. The molecule has 0 N–H and O–H groups in total. The Labute approximate surface area is 105 Å². The zero-order chi connectivity index (χ0) is 15.8. The Kier molecular flexibility index (Phi) is 3.16. The van der Waals surface area contributed by atoms with Gasteiger partial charge in [-0.3, -0.25) is 55.3 Å². The summed E-state index contributed by atoms with van der Waals surface area (Å²) in [4.78, 5) is 44.0. The van der Waals surface area contributed by atoms with Crippen molar-refractivity contribution >= 4 is 0 Å². The standard InChI is InChI=1S/C4HN5O11/c10-5(11)1-2(6(12)13)4(8(16)17,9(18)19)20-3(1)7(14)15/h2H. The average Bonchev–Trinajstić information content (AvgIpc) is 2.65. The van der Waals surface area contributed by atoms with Crippen molar-refractivity contribution in [1.29, 1.82) is 0 Å². The van der Waals surface area contributed by atoms with Crippen LogP contribution < -0.4 is 0 Å². The minimum absolute atomic E-state index is 1.69. The zero-order valence-electron chi connectivity index (χ0n) is 8.80. The van der Waals surface area contributed by atoms with Gasteiger partial charge in [-0.15, -0.1) is 0 Å². The molecule has 0 spiro atoms. The Morgan fingerprint density at radius 2 is 1.30 bits per heavy atom. The van der Waals surface area contributed by atoms with Gasteiger partial charge in [0.25, 0.3) is 0 Å². The summed E-state index contributed by atoms with van der Waals surface area (Å²) in [5, 5.41) is 53.1. The van der Waals surface area contributed by atoms with Crippen molar-refractivity contribution in [1.82, 2.24) is 0 Å². The van der Waals surface area contributed by atoms with Crippen LogP contribution in [0.15, 0.2) is 11.6 Å². The van der Waals surface area contributed by atoms with Crippen LogP contribution >= 0.6 is 0 Å². The number of hydrogen-bond acceptors (Lipinski definition) is 11. The quantitative estimate of drug-likeness (QED) is 0.325. The van der Waals surface area contributed by atoms with E-state index in [1.165, 1.54) is 0 Å². The summed E-state index contributed by atoms with van der Waals surface area (Å²) in [5.41, 5.74) is -1.98. The van der Waals surface area contributed by atoms with Gasteiger partial charge in [-0.05, 0) is 0 Å². The molecule has 0 amide bonds. The van der Waals surface area contributed by atoms with Gasteiger partial charge in [0.15, 0.2) is 9.85 Å². The maximum absolute atomic E-state index is 10.7. The van der Waals surface area contributed by atoms with Crippen LogP contribution in [0.4, 0.5) is 0 Å². The molecule has 0 aliphatic carbocycles. The lowest BCUT2D eigenvalue weighted by molar-refractivity contribution is -0.878. The van der Waals surface area contributed by atoms with E-state index in [0.717, 1.165) is 0 Å². The van der Waals surface area contributed by atoms with Crippen molar-refractivity contribution in [2.45, 2.75) is 11.9 Å². The summed E-state index contributed by atoms with van der Waals surface area (Å²) in [6.45, 7) is 0. The van der Waals surface area contributed by atoms with E-state index >= 15 is 0 Å². The summed E-state index contributed by atoms with van der Waals surface area (Å²) < 4.78 is 3.78. The average molecular weight is 295 g/mol. The minimum atomic E-state index is -4.17. The molecule has 1 aliphatic heterocycles. The van der Waals surface area contributed by atoms with Gasteiger partial charge < -0.3 is 0 Å². The normalized spacial score (nSPS) is 20.1. The summed E-state index contributed by atoms with van der Waals surface area (Å²) in [6.07, 6.45) is 0. The molecule has 0 saturated carbocycles. The molecule has 0 fully saturated rings. The molecule has 0 aromatic rings. The van der Waals surface area contributed by atoms with Crippen molar-refractivity contribution in [3.63, 3.8) is 0 Å². The molecule has 0 saturated heterocycles. The summed E-state index contributed by atoms with van der Waals surface area (Å²) in [6, 6.07) is -3.28. The van der Waals surface area contributed by atoms with Crippen molar-refractivity contribution in [3.8, 4) is 0 Å². The molecule has 16 heteroatoms. The van der Waals surface area contributed by atoms with Crippen molar-refractivity contribution in [2.75, 3.05) is 0 Å². The first-order valence-electron chi connectivity index (χ1n) is 4.21. The van der Waals surface area contributed by atoms with E-state index in [4.69, 9.17) is 0 Å². The topological polar surface area (TPSA) is 225 Å². The van der Waals surface area contributed by atoms with Crippen LogP contribution in [0.5, 0.6) is 0 Å². The lowest BCUT2D eigenvalue weighted by Crippen LogP contribution is -2.58. The number of ether oxygens (including phenoxy) is 1. The monoisotopic (exact) mass is 295 g/mol. The lowest BCUT2D eigenvalue weighted by atomic mass is 10.1. The Bertz CT molecular complexity index is 563. The molecule has 1 rings (SSSR count). The fourth-order valence-electron chi connectivity index (χ4n) is 1.43. The van der Waals surface area contributed by atoms with E-state index in [9.17, 15) is 50.6 Å². The zero-order valence-corrected chi connectivity index (χ0v) is 8.80. The predicted octanol–water partition coefficient (Wildman–Crippen LogP) is -1.41. The fraction of sp³-hybridized carbons (Fsp3) is 0.500. The Morgan fingerprint density at radius 3 is 1.55 bits per heavy atom. The first kappa shape index (κ1) is 14.6. The molecule has 0 aromatic carbocycles. The van der Waals surface area contributed by atoms with Gasteiger partial charge in [-0.25, -0.2) is 0 Å².